The lowest BCUT2D eigenvalue weighted by Gasteiger charge is -2.31. The molecule has 146 valence electrons. The largest absolute Gasteiger partial charge is 0.491 e. The standard InChI is InChI=1S/C20H29N5O2/c1-5-25(11-14-6-8-15(9-7-14)26-13(2)3)12-20(4)10-16-17(21)23-19(22)24-18(16)27-20/h6-9,13H,5,10-12H2,1-4H3,(H4,21,22,23,24). The summed E-state index contributed by atoms with van der Waals surface area (Å²) in [5, 5.41) is 0. The summed E-state index contributed by atoms with van der Waals surface area (Å²) in [4.78, 5) is 10.6. The van der Waals surface area contributed by atoms with E-state index in [0.717, 1.165) is 30.9 Å². The molecule has 0 spiro atoms. The van der Waals surface area contributed by atoms with E-state index in [0.29, 0.717) is 18.1 Å². The SMILES string of the molecule is CCN(Cc1ccc(OC(C)C)cc1)CC1(C)Cc2c(N)nc(N)nc2O1. The van der Waals surface area contributed by atoms with Gasteiger partial charge in [-0.25, -0.2) is 0 Å². The monoisotopic (exact) mass is 371 g/mol. The van der Waals surface area contributed by atoms with E-state index < -0.39 is 5.60 Å². The zero-order chi connectivity index (χ0) is 19.6. The van der Waals surface area contributed by atoms with Crippen LogP contribution < -0.4 is 20.9 Å². The van der Waals surface area contributed by atoms with Crippen molar-refractivity contribution in [3.8, 4) is 11.6 Å². The van der Waals surface area contributed by atoms with Crippen LogP contribution in [-0.4, -0.2) is 39.7 Å². The molecule has 4 N–H and O–H groups in total. The van der Waals surface area contributed by atoms with Gasteiger partial charge in [-0.2, -0.15) is 9.97 Å². The molecular weight excluding hydrogens is 342 g/mol. The number of fused-ring (bicyclic) bond motifs is 1. The molecule has 0 bridgehead atoms. The lowest BCUT2D eigenvalue weighted by atomic mass is 9.99. The molecule has 1 atom stereocenters. The number of anilines is 2. The summed E-state index contributed by atoms with van der Waals surface area (Å²) in [5.74, 6) is 1.95. The summed E-state index contributed by atoms with van der Waals surface area (Å²) in [6, 6.07) is 8.26. The van der Waals surface area contributed by atoms with E-state index in [2.05, 4.69) is 40.8 Å². The Balaban J connectivity index is 1.66. The highest BCUT2D eigenvalue weighted by Crippen LogP contribution is 2.37. The first-order chi connectivity index (χ1) is 12.8. The van der Waals surface area contributed by atoms with Gasteiger partial charge in [0.15, 0.2) is 0 Å². The first-order valence-electron chi connectivity index (χ1n) is 9.37. The zero-order valence-electron chi connectivity index (χ0n) is 16.5. The third-order valence-corrected chi connectivity index (χ3v) is 4.62. The summed E-state index contributed by atoms with van der Waals surface area (Å²) in [6.07, 6.45) is 0.847. The van der Waals surface area contributed by atoms with E-state index in [1.54, 1.807) is 0 Å². The first kappa shape index (κ1) is 19.2. The maximum atomic E-state index is 6.12. The van der Waals surface area contributed by atoms with Crippen LogP contribution in [0.1, 0.15) is 38.8 Å². The summed E-state index contributed by atoms with van der Waals surface area (Å²) in [6.45, 7) is 10.8. The van der Waals surface area contributed by atoms with E-state index in [1.807, 2.05) is 26.0 Å². The molecule has 0 saturated heterocycles. The highest BCUT2D eigenvalue weighted by molar-refractivity contribution is 5.52. The first-order valence-corrected chi connectivity index (χ1v) is 9.37. The normalized spacial score (nSPS) is 18.6. The van der Waals surface area contributed by atoms with E-state index in [9.17, 15) is 0 Å². The molecule has 0 saturated carbocycles. The van der Waals surface area contributed by atoms with Gasteiger partial charge in [-0.1, -0.05) is 19.1 Å². The molecule has 0 fully saturated rings. The maximum Gasteiger partial charge on any atom is 0.225 e. The minimum absolute atomic E-state index is 0.145. The molecule has 7 heteroatoms. The fourth-order valence-corrected chi connectivity index (χ4v) is 3.44. The second-order valence-corrected chi connectivity index (χ2v) is 7.59. The van der Waals surface area contributed by atoms with Crippen molar-refractivity contribution in [2.45, 2.75) is 52.4 Å². The van der Waals surface area contributed by atoms with Gasteiger partial charge in [0.05, 0.1) is 11.7 Å². The smallest absolute Gasteiger partial charge is 0.225 e. The van der Waals surface area contributed by atoms with Crippen LogP contribution in [-0.2, 0) is 13.0 Å². The van der Waals surface area contributed by atoms with Crippen molar-refractivity contribution in [1.82, 2.24) is 14.9 Å². The number of benzene rings is 1. The van der Waals surface area contributed by atoms with E-state index >= 15 is 0 Å². The van der Waals surface area contributed by atoms with Crippen LogP contribution in [0.25, 0.3) is 0 Å². The number of nitrogens with zero attached hydrogens (tertiary/aromatic N) is 3. The van der Waals surface area contributed by atoms with Crippen LogP contribution in [0.4, 0.5) is 11.8 Å². The Labute approximate surface area is 160 Å². The predicted octanol–water partition coefficient (Wildman–Crippen LogP) is 2.64. The third kappa shape index (κ3) is 4.60. The summed E-state index contributed by atoms with van der Waals surface area (Å²) in [5.41, 5.74) is 13.4. The second-order valence-electron chi connectivity index (χ2n) is 7.59. The highest BCUT2D eigenvalue weighted by atomic mass is 16.5. The van der Waals surface area contributed by atoms with Crippen molar-refractivity contribution in [2.24, 2.45) is 0 Å². The van der Waals surface area contributed by atoms with Crippen molar-refractivity contribution in [2.75, 3.05) is 24.6 Å². The van der Waals surface area contributed by atoms with Gasteiger partial charge in [-0.3, -0.25) is 4.90 Å². The molecule has 1 aliphatic heterocycles. The minimum atomic E-state index is -0.407. The molecule has 3 rings (SSSR count). The average Bonchev–Trinajstić information content (AvgIpc) is 2.92. The molecule has 1 aromatic heterocycles. The van der Waals surface area contributed by atoms with E-state index in [4.69, 9.17) is 20.9 Å². The lowest BCUT2D eigenvalue weighted by Crippen LogP contribution is -2.44. The summed E-state index contributed by atoms with van der Waals surface area (Å²) >= 11 is 0. The molecule has 1 unspecified atom stereocenters. The number of nitrogens with two attached hydrogens (primary N) is 2. The molecule has 2 heterocycles. The molecule has 2 aromatic rings. The fraction of sp³-hybridized carbons (Fsp3) is 0.500. The van der Waals surface area contributed by atoms with Gasteiger partial charge in [0.1, 0.15) is 17.2 Å². The molecule has 7 nitrogen and oxygen atoms in total. The molecule has 1 aliphatic rings. The molecule has 27 heavy (non-hydrogen) atoms. The predicted molar refractivity (Wildman–Crippen MR) is 107 cm³/mol. The number of ether oxygens (including phenoxy) is 2. The Morgan fingerprint density at radius 2 is 1.93 bits per heavy atom. The maximum absolute atomic E-state index is 6.12. The fourth-order valence-electron chi connectivity index (χ4n) is 3.44. The van der Waals surface area contributed by atoms with E-state index in [1.165, 1.54) is 5.56 Å². The van der Waals surface area contributed by atoms with Gasteiger partial charge in [-0.05, 0) is 45.0 Å². The van der Waals surface area contributed by atoms with Crippen LogP contribution in [0.3, 0.4) is 0 Å². The molecule has 0 amide bonds. The summed E-state index contributed by atoms with van der Waals surface area (Å²) in [7, 11) is 0. The van der Waals surface area contributed by atoms with Crippen LogP contribution in [0, 0.1) is 0 Å². The molecule has 1 aromatic carbocycles. The van der Waals surface area contributed by atoms with Gasteiger partial charge in [0.2, 0.25) is 11.8 Å². The second kappa shape index (κ2) is 7.60. The molecule has 0 radical (unpaired) electrons. The Bertz CT molecular complexity index is 794. The lowest BCUT2D eigenvalue weighted by molar-refractivity contribution is 0.0591. The van der Waals surface area contributed by atoms with Crippen molar-refractivity contribution in [3.05, 3.63) is 35.4 Å². The zero-order valence-corrected chi connectivity index (χ0v) is 16.5. The Morgan fingerprint density at radius 3 is 2.56 bits per heavy atom. The van der Waals surface area contributed by atoms with Gasteiger partial charge >= 0.3 is 0 Å². The number of hydrogen-bond acceptors (Lipinski definition) is 7. The van der Waals surface area contributed by atoms with Crippen LogP contribution in [0.5, 0.6) is 11.6 Å². The summed E-state index contributed by atoms with van der Waals surface area (Å²) < 4.78 is 11.8. The van der Waals surface area contributed by atoms with Crippen molar-refractivity contribution >= 4 is 11.8 Å². The highest BCUT2D eigenvalue weighted by Gasteiger charge is 2.39. The van der Waals surface area contributed by atoms with E-state index in [-0.39, 0.29) is 12.1 Å². The number of hydrogen-bond donors (Lipinski definition) is 2. The molecular formula is C20H29N5O2. The quantitative estimate of drug-likeness (QED) is 0.772. The number of aromatic nitrogens is 2. The number of nitrogen functional groups attached to an aromatic ring is 2. The minimum Gasteiger partial charge on any atom is -0.491 e. The average molecular weight is 371 g/mol. The third-order valence-electron chi connectivity index (χ3n) is 4.62. The number of likely N-dealkylation sites (N-methyl/N-ethyl adjacent to an activating group) is 1. The van der Waals surface area contributed by atoms with Crippen molar-refractivity contribution < 1.29 is 9.47 Å². The van der Waals surface area contributed by atoms with Gasteiger partial charge in [-0.15, -0.1) is 0 Å². The van der Waals surface area contributed by atoms with Crippen LogP contribution in [0.15, 0.2) is 24.3 Å². The Morgan fingerprint density at radius 1 is 1.22 bits per heavy atom. The Kier molecular flexibility index (Phi) is 5.41. The van der Waals surface area contributed by atoms with Gasteiger partial charge in [0.25, 0.3) is 0 Å². The number of rotatable bonds is 7. The molecule has 0 aliphatic carbocycles. The van der Waals surface area contributed by atoms with Crippen LogP contribution >= 0.6 is 0 Å². The van der Waals surface area contributed by atoms with Crippen molar-refractivity contribution in [1.29, 1.82) is 0 Å². The van der Waals surface area contributed by atoms with Gasteiger partial charge < -0.3 is 20.9 Å². The van der Waals surface area contributed by atoms with Crippen molar-refractivity contribution in [3.63, 3.8) is 0 Å². The van der Waals surface area contributed by atoms with Gasteiger partial charge in [0, 0.05) is 19.5 Å². The topological polar surface area (TPSA) is 99.5 Å². The Hall–Kier alpha value is -2.54. The van der Waals surface area contributed by atoms with Crippen LogP contribution in [0.2, 0.25) is 0 Å².